The van der Waals surface area contributed by atoms with Crippen molar-refractivity contribution >= 4 is 29.4 Å². The normalized spacial score (nSPS) is 21.0. The van der Waals surface area contributed by atoms with Crippen molar-refractivity contribution in [3.05, 3.63) is 34.9 Å². The summed E-state index contributed by atoms with van der Waals surface area (Å²) < 4.78 is 5.10. The second-order valence-corrected chi connectivity index (χ2v) is 7.12. The minimum Gasteiger partial charge on any atom is -0.454 e. The molecule has 142 valence electrons. The number of rotatable bonds is 5. The first-order valence-electron chi connectivity index (χ1n) is 8.84. The van der Waals surface area contributed by atoms with Crippen LogP contribution in [0.2, 0.25) is 5.02 Å². The number of likely N-dealkylation sites (tertiary alicyclic amines) is 1. The molecule has 0 aromatic heterocycles. The lowest BCUT2D eigenvalue weighted by molar-refractivity contribution is -0.155. The van der Waals surface area contributed by atoms with Crippen molar-refractivity contribution in [1.29, 1.82) is 0 Å². The van der Waals surface area contributed by atoms with E-state index in [0.29, 0.717) is 5.02 Å². The molecule has 1 saturated heterocycles. The lowest BCUT2D eigenvalue weighted by Crippen LogP contribution is -2.49. The van der Waals surface area contributed by atoms with Crippen molar-refractivity contribution in [3.8, 4) is 0 Å². The molecule has 2 amide bonds. The quantitative estimate of drug-likeness (QED) is 0.797. The van der Waals surface area contributed by atoms with E-state index in [4.69, 9.17) is 16.3 Å². The summed E-state index contributed by atoms with van der Waals surface area (Å²) in [6, 6.07) is 5.96. The van der Waals surface area contributed by atoms with Crippen LogP contribution in [0.5, 0.6) is 0 Å². The minimum absolute atomic E-state index is 0.141. The fourth-order valence-corrected chi connectivity index (χ4v) is 3.45. The molecular weight excluding hydrogens is 356 g/mol. The van der Waals surface area contributed by atoms with Crippen molar-refractivity contribution in [1.82, 2.24) is 10.2 Å². The second kappa shape index (κ2) is 9.03. The van der Waals surface area contributed by atoms with E-state index in [1.54, 1.807) is 29.2 Å². The highest BCUT2D eigenvalue weighted by Gasteiger charge is 2.30. The molecule has 0 unspecified atom stereocenters. The maximum Gasteiger partial charge on any atom is 0.328 e. The number of esters is 1. The number of halogens is 1. The number of benzene rings is 1. The van der Waals surface area contributed by atoms with E-state index in [9.17, 15) is 14.4 Å². The molecule has 0 aliphatic carbocycles. The van der Waals surface area contributed by atoms with Crippen LogP contribution in [0.4, 0.5) is 0 Å². The highest BCUT2D eigenvalue weighted by molar-refractivity contribution is 6.33. The molecule has 0 spiro atoms. The third kappa shape index (κ3) is 4.97. The van der Waals surface area contributed by atoms with Crippen LogP contribution in [0.25, 0.3) is 0 Å². The molecule has 0 saturated carbocycles. The Kier molecular flexibility index (Phi) is 7.03. The molecular formula is C19H25ClN2O4. The number of hydrogen-bond donors (Lipinski definition) is 1. The van der Waals surface area contributed by atoms with E-state index in [2.05, 4.69) is 5.32 Å². The number of piperidine rings is 1. The Morgan fingerprint density at radius 3 is 2.46 bits per heavy atom. The largest absolute Gasteiger partial charge is 0.454 e. The molecule has 1 heterocycles. The molecule has 1 aliphatic rings. The Bertz CT molecular complexity index is 669. The summed E-state index contributed by atoms with van der Waals surface area (Å²) in [4.78, 5) is 38.4. The van der Waals surface area contributed by atoms with Crippen LogP contribution in [-0.2, 0) is 14.3 Å². The van der Waals surface area contributed by atoms with Crippen LogP contribution in [0.3, 0.4) is 0 Å². The summed E-state index contributed by atoms with van der Waals surface area (Å²) in [5.41, 5.74) is 0.279. The van der Waals surface area contributed by atoms with E-state index in [0.717, 1.165) is 19.3 Å². The van der Waals surface area contributed by atoms with Gasteiger partial charge < -0.3 is 15.0 Å². The molecule has 26 heavy (non-hydrogen) atoms. The van der Waals surface area contributed by atoms with Crippen LogP contribution < -0.4 is 5.32 Å². The smallest absolute Gasteiger partial charge is 0.328 e. The van der Waals surface area contributed by atoms with Crippen LogP contribution in [0.1, 0.15) is 50.4 Å². The SMILES string of the molecule is C[C@H](NC(=O)c1ccccc1Cl)C(=O)OCC(=O)N1[C@H](C)CCC[C@@H]1C. The van der Waals surface area contributed by atoms with Gasteiger partial charge in [-0.3, -0.25) is 9.59 Å². The molecule has 1 N–H and O–H groups in total. The molecule has 1 aromatic rings. The van der Waals surface area contributed by atoms with Gasteiger partial charge in [0.25, 0.3) is 11.8 Å². The van der Waals surface area contributed by atoms with Crippen LogP contribution >= 0.6 is 11.6 Å². The topological polar surface area (TPSA) is 75.7 Å². The fourth-order valence-electron chi connectivity index (χ4n) is 3.22. The first-order valence-corrected chi connectivity index (χ1v) is 9.22. The van der Waals surface area contributed by atoms with Gasteiger partial charge in [-0.1, -0.05) is 23.7 Å². The second-order valence-electron chi connectivity index (χ2n) is 6.71. The van der Waals surface area contributed by atoms with Crippen molar-refractivity contribution in [2.75, 3.05) is 6.61 Å². The van der Waals surface area contributed by atoms with Gasteiger partial charge in [-0.15, -0.1) is 0 Å². The lowest BCUT2D eigenvalue weighted by atomic mass is 9.97. The van der Waals surface area contributed by atoms with Gasteiger partial charge in [-0.2, -0.15) is 0 Å². The standard InChI is InChI=1S/C19H25ClN2O4/c1-12-7-6-8-13(2)22(12)17(23)11-26-19(25)14(3)21-18(24)15-9-4-5-10-16(15)20/h4-5,9-10,12-14H,6-8,11H2,1-3H3,(H,21,24)/t12-,13+,14-/m0/s1. The highest BCUT2D eigenvalue weighted by Crippen LogP contribution is 2.22. The molecule has 6 nitrogen and oxygen atoms in total. The fraction of sp³-hybridized carbons (Fsp3) is 0.526. The predicted molar refractivity (Wildman–Crippen MR) is 99.0 cm³/mol. The summed E-state index contributed by atoms with van der Waals surface area (Å²) in [6.45, 7) is 5.19. The van der Waals surface area contributed by atoms with Gasteiger partial charge in [-0.25, -0.2) is 4.79 Å². The van der Waals surface area contributed by atoms with Gasteiger partial charge in [0.2, 0.25) is 0 Å². The predicted octanol–water partition coefficient (Wildman–Crippen LogP) is 2.79. The Morgan fingerprint density at radius 1 is 1.23 bits per heavy atom. The number of ether oxygens (including phenoxy) is 1. The number of nitrogens with one attached hydrogen (secondary N) is 1. The van der Waals surface area contributed by atoms with Gasteiger partial charge >= 0.3 is 5.97 Å². The summed E-state index contributed by atoms with van der Waals surface area (Å²) >= 11 is 5.97. The molecule has 1 aliphatic heterocycles. The zero-order valence-corrected chi connectivity index (χ0v) is 16.1. The monoisotopic (exact) mass is 380 g/mol. The first kappa shape index (κ1) is 20.2. The maximum atomic E-state index is 12.4. The number of nitrogens with zero attached hydrogens (tertiary/aromatic N) is 1. The number of carbonyl (C=O) groups excluding carboxylic acids is 3. The number of amides is 2. The molecule has 0 bridgehead atoms. The molecule has 1 fully saturated rings. The Hall–Kier alpha value is -2.08. The third-order valence-electron chi connectivity index (χ3n) is 4.64. The van der Waals surface area contributed by atoms with Gasteiger partial charge in [0, 0.05) is 12.1 Å². The Labute approximate surface area is 158 Å². The Morgan fingerprint density at radius 2 is 1.85 bits per heavy atom. The van der Waals surface area contributed by atoms with Gasteiger partial charge in [0.05, 0.1) is 10.6 Å². The molecule has 3 atom stereocenters. The highest BCUT2D eigenvalue weighted by atomic mass is 35.5. The molecule has 1 aromatic carbocycles. The zero-order chi connectivity index (χ0) is 19.3. The zero-order valence-electron chi connectivity index (χ0n) is 15.3. The molecule has 2 rings (SSSR count). The first-order chi connectivity index (χ1) is 12.3. The van der Waals surface area contributed by atoms with Crippen molar-refractivity contribution in [3.63, 3.8) is 0 Å². The van der Waals surface area contributed by atoms with Gasteiger partial charge in [0.1, 0.15) is 6.04 Å². The minimum atomic E-state index is -0.886. The number of hydrogen-bond acceptors (Lipinski definition) is 4. The van der Waals surface area contributed by atoms with Crippen LogP contribution in [-0.4, -0.2) is 47.4 Å². The van der Waals surface area contributed by atoms with Crippen molar-refractivity contribution in [2.45, 2.75) is 58.2 Å². The summed E-state index contributed by atoms with van der Waals surface area (Å²) in [5, 5.41) is 2.83. The Balaban J connectivity index is 1.86. The lowest BCUT2D eigenvalue weighted by Gasteiger charge is -2.38. The molecule has 7 heteroatoms. The molecule has 0 radical (unpaired) electrons. The third-order valence-corrected chi connectivity index (χ3v) is 4.97. The van der Waals surface area contributed by atoms with E-state index in [1.165, 1.54) is 6.92 Å². The summed E-state index contributed by atoms with van der Waals surface area (Å²) in [7, 11) is 0. The van der Waals surface area contributed by atoms with Crippen molar-refractivity contribution < 1.29 is 19.1 Å². The van der Waals surface area contributed by atoms with E-state index in [1.807, 2.05) is 13.8 Å². The van der Waals surface area contributed by atoms with Gasteiger partial charge in [0.15, 0.2) is 6.61 Å². The van der Waals surface area contributed by atoms with E-state index < -0.39 is 17.9 Å². The van der Waals surface area contributed by atoms with Crippen LogP contribution in [0, 0.1) is 0 Å². The van der Waals surface area contributed by atoms with E-state index in [-0.39, 0.29) is 30.2 Å². The van der Waals surface area contributed by atoms with Gasteiger partial charge in [-0.05, 0) is 52.2 Å². The summed E-state index contributed by atoms with van der Waals surface area (Å²) in [6.07, 6.45) is 3.00. The average Bonchev–Trinajstić information content (AvgIpc) is 2.59. The van der Waals surface area contributed by atoms with Crippen LogP contribution in [0.15, 0.2) is 24.3 Å². The number of carbonyl (C=O) groups is 3. The van der Waals surface area contributed by atoms with Crippen molar-refractivity contribution in [2.24, 2.45) is 0 Å². The summed E-state index contributed by atoms with van der Waals surface area (Å²) in [5.74, 6) is -1.33. The average molecular weight is 381 g/mol. The maximum absolute atomic E-state index is 12.4. The van der Waals surface area contributed by atoms with E-state index >= 15 is 0 Å².